The lowest BCUT2D eigenvalue weighted by Crippen LogP contribution is -2.48. The molecular formula is C17H25N5O. The summed E-state index contributed by atoms with van der Waals surface area (Å²) < 4.78 is 5.85. The van der Waals surface area contributed by atoms with E-state index < -0.39 is 5.41 Å². The highest BCUT2D eigenvalue weighted by atomic mass is 16.4. The summed E-state index contributed by atoms with van der Waals surface area (Å²) in [6.07, 6.45) is 3.47. The van der Waals surface area contributed by atoms with Crippen molar-refractivity contribution in [2.24, 2.45) is 5.73 Å². The van der Waals surface area contributed by atoms with Gasteiger partial charge in [-0.1, -0.05) is 6.92 Å². The first-order valence-electron chi connectivity index (χ1n) is 8.43. The minimum atomic E-state index is -0.402. The molecule has 6 heteroatoms. The Hall–Kier alpha value is -2.00. The van der Waals surface area contributed by atoms with Crippen molar-refractivity contribution in [2.45, 2.75) is 57.9 Å². The lowest BCUT2D eigenvalue weighted by molar-refractivity contribution is 0.143. The van der Waals surface area contributed by atoms with Gasteiger partial charge in [0.1, 0.15) is 11.5 Å². The molecule has 3 rings (SSSR count). The first-order chi connectivity index (χ1) is 11.0. The summed E-state index contributed by atoms with van der Waals surface area (Å²) in [6.45, 7) is 8.38. The molecule has 1 aromatic heterocycles. The second kappa shape index (κ2) is 5.89. The van der Waals surface area contributed by atoms with Crippen LogP contribution in [0.1, 0.15) is 51.6 Å². The maximum Gasteiger partial charge on any atom is 0.223 e. The van der Waals surface area contributed by atoms with E-state index in [1.165, 1.54) is 0 Å². The molecule has 0 radical (unpaired) electrons. The number of nitrogens with one attached hydrogen (secondary N) is 1. The molecule has 1 aromatic rings. The molecule has 0 amide bonds. The maximum absolute atomic E-state index is 9.69. The normalized spacial score (nSPS) is 20.5. The molecule has 0 bridgehead atoms. The lowest BCUT2D eigenvalue weighted by Gasteiger charge is -2.43. The van der Waals surface area contributed by atoms with E-state index in [0.29, 0.717) is 23.3 Å². The molecule has 6 nitrogen and oxygen atoms in total. The lowest BCUT2D eigenvalue weighted by atomic mass is 9.69. The molecule has 0 aromatic carbocycles. The van der Waals surface area contributed by atoms with Gasteiger partial charge >= 0.3 is 0 Å². The van der Waals surface area contributed by atoms with E-state index in [1.807, 2.05) is 0 Å². The predicted molar refractivity (Wildman–Crippen MR) is 88.6 cm³/mol. The Morgan fingerprint density at radius 1 is 1.43 bits per heavy atom. The number of aryl methyl sites for hydroxylation is 1. The number of rotatable bonds is 3. The number of nitrogens with two attached hydrogens (primary N) is 1. The minimum Gasteiger partial charge on any atom is -0.425 e. The average molecular weight is 315 g/mol. The van der Waals surface area contributed by atoms with Crippen LogP contribution in [0.15, 0.2) is 15.8 Å². The summed E-state index contributed by atoms with van der Waals surface area (Å²) in [5.74, 6) is 1.77. The Bertz CT molecular complexity index is 659. The van der Waals surface area contributed by atoms with Gasteiger partial charge in [0, 0.05) is 12.5 Å². The Kier molecular flexibility index (Phi) is 4.07. The summed E-state index contributed by atoms with van der Waals surface area (Å²) in [7, 11) is 0. The van der Waals surface area contributed by atoms with Gasteiger partial charge in [-0.05, 0) is 46.2 Å². The van der Waals surface area contributed by atoms with Crippen molar-refractivity contribution in [3.63, 3.8) is 0 Å². The molecule has 0 unspecified atom stereocenters. The van der Waals surface area contributed by atoms with Gasteiger partial charge < -0.3 is 20.4 Å². The average Bonchev–Trinajstić information content (AvgIpc) is 2.91. The second-order valence-corrected chi connectivity index (χ2v) is 6.77. The predicted octanol–water partition coefficient (Wildman–Crippen LogP) is 2.49. The molecule has 0 atom stereocenters. The first-order valence-corrected chi connectivity index (χ1v) is 8.43. The number of aromatic nitrogens is 1. The Morgan fingerprint density at radius 2 is 2.13 bits per heavy atom. The van der Waals surface area contributed by atoms with E-state index in [4.69, 9.17) is 15.1 Å². The van der Waals surface area contributed by atoms with Crippen LogP contribution in [0.2, 0.25) is 0 Å². The third kappa shape index (κ3) is 2.49. The molecule has 23 heavy (non-hydrogen) atoms. The molecule has 2 aliphatic heterocycles. The topological polar surface area (TPSA) is 91.1 Å². The number of nitriles is 1. The fourth-order valence-corrected chi connectivity index (χ4v) is 3.73. The van der Waals surface area contributed by atoms with Gasteiger partial charge in [0.05, 0.1) is 17.1 Å². The number of likely N-dealkylation sites (tertiary alicyclic amines) is 1. The number of fused-ring (bicyclic) bond motifs is 2. The van der Waals surface area contributed by atoms with Gasteiger partial charge in [0.25, 0.3) is 0 Å². The number of hydrogen-bond acceptors (Lipinski definition) is 6. The molecule has 1 spiro atoms. The quantitative estimate of drug-likeness (QED) is 0.890. The molecule has 1 fully saturated rings. The number of anilines is 1. The van der Waals surface area contributed by atoms with Crippen LogP contribution in [-0.2, 0) is 11.8 Å². The van der Waals surface area contributed by atoms with Crippen LogP contribution in [0.3, 0.4) is 0 Å². The standard InChI is InChI=1S/C17H25N5O/c1-4-5-13-20-14-16(23-13)21-15(19)12(10-18)17(14)6-8-22(9-7-17)11(2)3/h11,21H,4-9,19H2,1-3H3. The van der Waals surface area contributed by atoms with E-state index in [-0.39, 0.29) is 0 Å². The largest absolute Gasteiger partial charge is 0.425 e. The molecule has 3 N–H and O–H groups in total. The summed E-state index contributed by atoms with van der Waals surface area (Å²) in [6, 6.07) is 2.84. The van der Waals surface area contributed by atoms with Crippen molar-refractivity contribution in [1.29, 1.82) is 5.26 Å². The molecular weight excluding hydrogens is 290 g/mol. The third-order valence-electron chi connectivity index (χ3n) is 5.08. The number of piperidine rings is 1. The molecule has 0 aliphatic carbocycles. The maximum atomic E-state index is 9.69. The molecule has 1 saturated heterocycles. The van der Waals surface area contributed by atoms with Crippen molar-refractivity contribution < 1.29 is 4.42 Å². The summed E-state index contributed by atoms with van der Waals surface area (Å²) >= 11 is 0. The summed E-state index contributed by atoms with van der Waals surface area (Å²) in [4.78, 5) is 7.17. The van der Waals surface area contributed by atoms with E-state index in [9.17, 15) is 5.26 Å². The van der Waals surface area contributed by atoms with Crippen molar-refractivity contribution >= 4 is 5.88 Å². The van der Waals surface area contributed by atoms with Crippen LogP contribution >= 0.6 is 0 Å². The van der Waals surface area contributed by atoms with Crippen molar-refractivity contribution in [2.75, 3.05) is 18.4 Å². The van der Waals surface area contributed by atoms with Gasteiger partial charge in [-0.25, -0.2) is 4.98 Å². The van der Waals surface area contributed by atoms with Crippen molar-refractivity contribution in [3.05, 3.63) is 23.0 Å². The van der Waals surface area contributed by atoms with Crippen LogP contribution < -0.4 is 11.1 Å². The highest BCUT2D eigenvalue weighted by Crippen LogP contribution is 2.48. The van der Waals surface area contributed by atoms with Crippen LogP contribution in [-0.4, -0.2) is 29.0 Å². The summed E-state index contributed by atoms with van der Waals surface area (Å²) in [5.41, 5.74) is 7.22. The van der Waals surface area contributed by atoms with Crippen molar-refractivity contribution in [1.82, 2.24) is 9.88 Å². The Balaban J connectivity index is 2.02. The molecule has 0 saturated carbocycles. The van der Waals surface area contributed by atoms with Gasteiger partial charge in [0.2, 0.25) is 5.88 Å². The van der Waals surface area contributed by atoms with Gasteiger partial charge in [0.15, 0.2) is 5.89 Å². The zero-order valence-electron chi connectivity index (χ0n) is 14.1. The first kappa shape index (κ1) is 15.9. The van der Waals surface area contributed by atoms with E-state index in [1.54, 1.807) is 0 Å². The van der Waals surface area contributed by atoms with E-state index in [0.717, 1.165) is 50.4 Å². The van der Waals surface area contributed by atoms with Gasteiger partial charge in [-0.3, -0.25) is 0 Å². The SMILES string of the molecule is CCCc1nc2c(o1)NC(N)=C(C#N)C21CCN(C(C)C)CC1. The van der Waals surface area contributed by atoms with Gasteiger partial charge in [-0.15, -0.1) is 0 Å². The van der Waals surface area contributed by atoms with Crippen LogP contribution in [0.4, 0.5) is 5.88 Å². The molecule has 2 aliphatic rings. The summed E-state index contributed by atoms with van der Waals surface area (Å²) in [5, 5.41) is 12.7. The number of hydrogen-bond donors (Lipinski definition) is 2. The van der Waals surface area contributed by atoms with Gasteiger partial charge in [-0.2, -0.15) is 5.26 Å². The second-order valence-electron chi connectivity index (χ2n) is 6.77. The number of nitrogens with zero attached hydrogens (tertiary/aromatic N) is 3. The third-order valence-corrected chi connectivity index (χ3v) is 5.08. The fourth-order valence-electron chi connectivity index (χ4n) is 3.73. The van der Waals surface area contributed by atoms with Crippen LogP contribution in [0, 0.1) is 11.3 Å². The highest BCUT2D eigenvalue weighted by Gasteiger charge is 2.48. The zero-order valence-corrected chi connectivity index (χ0v) is 14.1. The monoisotopic (exact) mass is 315 g/mol. The Labute approximate surface area is 137 Å². The minimum absolute atomic E-state index is 0.402. The molecule has 3 heterocycles. The number of allylic oxidation sites excluding steroid dienone is 1. The fraction of sp³-hybridized carbons (Fsp3) is 0.647. The molecule has 124 valence electrons. The van der Waals surface area contributed by atoms with E-state index in [2.05, 4.69) is 37.1 Å². The highest BCUT2D eigenvalue weighted by molar-refractivity contribution is 5.61. The Morgan fingerprint density at radius 3 is 2.70 bits per heavy atom. The zero-order chi connectivity index (χ0) is 16.6. The van der Waals surface area contributed by atoms with Crippen LogP contribution in [0.25, 0.3) is 0 Å². The van der Waals surface area contributed by atoms with Crippen molar-refractivity contribution in [3.8, 4) is 6.07 Å². The number of oxazole rings is 1. The smallest absolute Gasteiger partial charge is 0.223 e. The van der Waals surface area contributed by atoms with Crippen LogP contribution in [0.5, 0.6) is 0 Å². The van der Waals surface area contributed by atoms with E-state index >= 15 is 0 Å².